The van der Waals surface area contributed by atoms with Crippen LogP contribution in [0.5, 0.6) is 11.5 Å². The fourth-order valence-corrected chi connectivity index (χ4v) is 5.74. The van der Waals surface area contributed by atoms with Crippen LogP contribution in [0.1, 0.15) is 16.7 Å². The second kappa shape index (κ2) is 7.87. The highest BCUT2D eigenvalue weighted by Crippen LogP contribution is 2.52. The predicted molar refractivity (Wildman–Crippen MR) is 114 cm³/mol. The molecule has 1 atom stereocenters. The molecule has 152 valence electrons. The van der Waals surface area contributed by atoms with Crippen molar-refractivity contribution in [3.05, 3.63) is 91.4 Å². The van der Waals surface area contributed by atoms with E-state index in [1.165, 1.54) is 48.5 Å². The van der Waals surface area contributed by atoms with Gasteiger partial charge >= 0.3 is 0 Å². The summed E-state index contributed by atoms with van der Waals surface area (Å²) in [6.07, 6.45) is 0. The lowest BCUT2D eigenvalue weighted by atomic mass is 9.83. The van der Waals surface area contributed by atoms with Crippen LogP contribution in [0.25, 0.3) is 0 Å². The van der Waals surface area contributed by atoms with Crippen molar-refractivity contribution in [2.45, 2.75) is 4.75 Å². The Kier molecular flexibility index (Phi) is 5.98. The van der Waals surface area contributed by atoms with Gasteiger partial charge in [0, 0.05) is 26.2 Å². The molecule has 3 N–H and O–H groups in total. The van der Waals surface area contributed by atoms with E-state index in [0.717, 1.165) is 6.07 Å². The van der Waals surface area contributed by atoms with Crippen LogP contribution in [-0.4, -0.2) is 23.2 Å². The highest BCUT2D eigenvalue weighted by atomic mass is 35.5. The van der Waals surface area contributed by atoms with Crippen molar-refractivity contribution in [1.82, 2.24) is 0 Å². The fraction of sp³-hybridized carbons (Fsp3) is 0.0526. The van der Waals surface area contributed by atoms with Gasteiger partial charge in [-0.2, -0.15) is 8.42 Å². The summed E-state index contributed by atoms with van der Waals surface area (Å²) in [5, 5.41) is 20.2. The lowest BCUT2D eigenvalue weighted by Gasteiger charge is -2.34. The number of phenols is 2. The molecule has 0 spiro atoms. The molecule has 0 amide bonds. The van der Waals surface area contributed by atoms with Crippen LogP contribution in [0.3, 0.4) is 0 Å². The van der Waals surface area contributed by atoms with E-state index >= 15 is 0 Å². The van der Waals surface area contributed by atoms with Gasteiger partial charge < -0.3 is 10.2 Å². The molecule has 0 aromatic heterocycles. The summed E-state index contributed by atoms with van der Waals surface area (Å²) in [7, 11) is -5.11. The number of halogens is 4. The number of rotatable bonds is 4. The van der Waals surface area contributed by atoms with E-state index in [0.29, 0.717) is 0 Å². The van der Waals surface area contributed by atoms with Gasteiger partial charge in [0.15, 0.2) is 4.75 Å². The van der Waals surface area contributed by atoms with Gasteiger partial charge in [-0.1, -0.05) is 58.5 Å². The number of hydrogen-bond acceptors (Lipinski definition) is 4. The zero-order valence-corrected chi connectivity index (χ0v) is 18.1. The van der Waals surface area contributed by atoms with Crippen molar-refractivity contribution >= 4 is 56.5 Å². The van der Waals surface area contributed by atoms with Gasteiger partial charge in [0.05, 0.1) is 5.02 Å². The average Bonchev–Trinajstić information content (AvgIpc) is 2.60. The van der Waals surface area contributed by atoms with Gasteiger partial charge in [-0.05, 0) is 48.0 Å². The van der Waals surface area contributed by atoms with Gasteiger partial charge in [-0.15, -0.1) is 0 Å². The van der Waals surface area contributed by atoms with Gasteiger partial charge in [0.2, 0.25) is 0 Å². The van der Waals surface area contributed by atoms with Crippen LogP contribution < -0.4 is 0 Å². The highest BCUT2D eigenvalue weighted by Gasteiger charge is 2.52. The Morgan fingerprint density at radius 1 is 0.759 bits per heavy atom. The van der Waals surface area contributed by atoms with E-state index in [2.05, 4.69) is 0 Å². The number of benzene rings is 3. The first-order valence-electron chi connectivity index (χ1n) is 7.89. The Balaban J connectivity index is 2.63. The zero-order chi connectivity index (χ0) is 21.6. The summed E-state index contributed by atoms with van der Waals surface area (Å²) >= 11 is 24.6. The summed E-state index contributed by atoms with van der Waals surface area (Å²) in [6, 6.07) is 11.3. The van der Waals surface area contributed by atoms with E-state index in [9.17, 15) is 23.2 Å². The van der Waals surface area contributed by atoms with Gasteiger partial charge in [-0.25, -0.2) is 0 Å². The second-order valence-corrected chi connectivity index (χ2v) is 9.36. The first-order chi connectivity index (χ1) is 13.5. The van der Waals surface area contributed by atoms with Crippen molar-refractivity contribution in [1.29, 1.82) is 0 Å². The van der Waals surface area contributed by atoms with E-state index in [-0.39, 0.29) is 42.5 Å². The highest BCUT2D eigenvalue weighted by molar-refractivity contribution is 7.87. The monoisotopic (exact) mass is 492 g/mol. The smallest absolute Gasteiger partial charge is 0.283 e. The number of phenolic OH excluding ortho intramolecular Hbond substituents is 2. The molecule has 3 rings (SSSR count). The Labute approximate surface area is 186 Å². The van der Waals surface area contributed by atoms with Crippen LogP contribution >= 0.6 is 46.4 Å². The van der Waals surface area contributed by atoms with E-state index < -0.39 is 20.6 Å². The van der Waals surface area contributed by atoms with Gasteiger partial charge in [-0.3, -0.25) is 4.55 Å². The minimum absolute atomic E-state index is 0.0448. The largest absolute Gasteiger partial charge is 0.508 e. The molecule has 0 saturated carbocycles. The second-order valence-electron chi connectivity index (χ2n) is 6.11. The first kappa shape index (κ1) is 22.0. The van der Waals surface area contributed by atoms with E-state index in [4.69, 9.17) is 46.4 Å². The standard InChI is InChI=1S/C19H12Cl4O5S/c20-11-3-6-15(22)14(7-11)19(29(26,27)28,10-1-4-13(24)5-2-10)18-16(23)8-12(21)9-17(18)25/h1-9,24-25H,(H,26,27,28). The molecule has 0 radical (unpaired) electrons. The van der Waals surface area contributed by atoms with Gasteiger partial charge in [0.25, 0.3) is 10.1 Å². The van der Waals surface area contributed by atoms with Crippen LogP contribution in [0.4, 0.5) is 0 Å². The Morgan fingerprint density at radius 3 is 1.93 bits per heavy atom. The van der Waals surface area contributed by atoms with Gasteiger partial charge in [0.1, 0.15) is 11.5 Å². The van der Waals surface area contributed by atoms with E-state index in [1.807, 2.05) is 0 Å². The average molecular weight is 494 g/mol. The molecule has 0 aliphatic carbocycles. The zero-order valence-electron chi connectivity index (χ0n) is 14.3. The lowest BCUT2D eigenvalue weighted by Crippen LogP contribution is -2.39. The molecule has 0 aliphatic heterocycles. The molecule has 10 heteroatoms. The molecule has 0 aliphatic rings. The molecule has 5 nitrogen and oxygen atoms in total. The Hall–Kier alpha value is -1.67. The summed E-state index contributed by atoms with van der Waals surface area (Å²) < 4.78 is 34.0. The predicted octanol–water partition coefficient (Wildman–Crippen LogP) is 5.89. The van der Waals surface area contributed by atoms with Crippen LogP contribution in [0.2, 0.25) is 20.1 Å². The van der Waals surface area contributed by atoms with Crippen molar-refractivity contribution < 1.29 is 23.2 Å². The minimum atomic E-state index is -5.11. The minimum Gasteiger partial charge on any atom is -0.508 e. The van der Waals surface area contributed by atoms with E-state index in [1.54, 1.807) is 0 Å². The molecule has 0 heterocycles. The molecule has 29 heavy (non-hydrogen) atoms. The molecule has 0 fully saturated rings. The van der Waals surface area contributed by atoms with Crippen LogP contribution in [0, 0.1) is 0 Å². The molecule has 3 aromatic rings. The summed E-state index contributed by atoms with van der Waals surface area (Å²) in [5.74, 6) is -0.745. The van der Waals surface area contributed by atoms with Crippen LogP contribution in [0.15, 0.2) is 54.6 Å². The maximum Gasteiger partial charge on any atom is 0.283 e. The topological polar surface area (TPSA) is 94.8 Å². The SMILES string of the molecule is O=S(=O)(O)C(c1ccc(O)cc1)(c1cc(Cl)ccc1Cl)c1c(O)cc(Cl)cc1Cl. The lowest BCUT2D eigenvalue weighted by molar-refractivity contribution is 0.440. The first-order valence-corrected chi connectivity index (χ1v) is 10.8. The third-order valence-corrected chi connectivity index (χ3v) is 6.87. The maximum absolute atomic E-state index is 13.0. The van der Waals surface area contributed by atoms with Crippen molar-refractivity contribution in [2.24, 2.45) is 0 Å². The number of aromatic hydroxyl groups is 2. The Bertz CT molecular complexity index is 1170. The van der Waals surface area contributed by atoms with Crippen molar-refractivity contribution in [3.63, 3.8) is 0 Å². The summed E-state index contributed by atoms with van der Waals surface area (Å²) in [6.45, 7) is 0. The molecule has 0 saturated heterocycles. The molecular weight excluding hydrogens is 482 g/mol. The molecule has 3 aromatic carbocycles. The summed E-state index contributed by atoms with van der Waals surface area (Å²) in [5.41, 5.74) is -0.582. The number of hydrogen-bond donors (Lipinski definition) is 3. The molecular formula is C19H12Cl4O5S. The third kappa shape index (κ3) is 3.77. The maximum atomic E-state index is 13.0. The van der Waals surface area contributed by atoms with Crippen molar-refractivity contribution in [3.8, 4) is 11.5 Å². The normalized spacial score (nSPS) is 13.8. The third-order valence-electron chi connectivity index (χ3n) is 4.35. The quantitative estimate of drug-likeness (QED) is 0.311. The fourth-order valence-electron chi connectivity index (χ4n) is 3.22. The molecule has 0 bridgehead atoms. The Morgan fingerprint density at radius 2 is 1.38 bits per heavy atom. The molecule has 1 unspecified atom stereocenters. The van der Waals surface area contributed by atoms with Crippen molar-refractivity contribution in [2.75, 3.05) is 0 Å². The van der Waals surface area contributed by atoms with Crippen LogP contribution in [-0.2, 0) is 14.9 Å². The summed E-state index contributed by atoms with van der Waals surface area (Å²) in [4.78, 5) is 0.